The third-order valence-electron chi connectivity index (χ3n) is 3.69. The van der Waals surface area contributed by atoms with Gasteiger partial charge in [-0.1, -0.05) is 12.1 Å². The lowest BCUT2D eigenvalue weighted by atomic mass is 10.2. The van der Waals surface area contributed by atoms with Crippen molar-refractivity contribution in [3.63, 3.8) is 0 Å². The number of methoxy groups -OCH3 is 2. The van der Waals surface area contributed by atoms with Crippen molar-refractivity contribution in [1.82, 2.24) is 4.98 Å². The number of amides is 1. The SMILES string of the molecule is COc1ccc(CNc2ccc(NC(=O)c3cccs3)cn2)cc1OC. The molecule has 6 nitrogen and oxygen atoms in total. The molecule has 1 amide bonds. The van der Waals surface area contributed by atoms with Crippen LogP contribution in [-0.4, -0.2) is 25.1 Å². The summed E-state index contributed by atoms with van der Waals surface area (Å²) in [5, 5.41) is 7.93. The topological polar surface area (TPSA) is 72.5 Å². The highest BCUT2D eigenvalue weighted by molar-refractivity contribution is 7.12. The standard InChI is InChI=1S/C19H19N3O3S/c1-24-15-7-5-13(10-16(15)25-2)11-20-18-8-6-14(12-21-18)22-19(23)17-4-3-9-26-17/h3-10,12H,11H2,1-2H3,(H,20,21)(H,22,23). The highest BCUT2D eigenvalue weighted by Gasteiger charge is 2.07. The Morgan fingerprint density at radius 2 is 1.96 bits per heavy atom. The maximum atomic E-state index is 12.0. The summed E-state index contributed by atoms with van der Waals surface area (Å²) in [5.41, 5.74) is 1.69. The molecule has 7 heteroatoms. The average Bonchev–Trinajstić information content (AvgIpc) is 3.22. The van der Waals surface area contributed by atoms with Crippen molar-refractivity contribution in [2.24, 2.45) is 0 Å². The quantitative estimate of drug-likeness (QED) is 0.658. The molecule has 0 atom stereocenters. The first-order valence-corrected chi connectivity index (χ1v) is 8.83. The van der Waals surface area contributed by atoms with E-state index in [0.29, 0.717) is 34.4 Å². The fourth-order valence-electron chi connectivity index (χ4n) is 2.36. The molecule has 2 heterocycles. The van der Waals surface area contributed by atoms with Crippen molar-refractivity contribution in [3.8, 4) is 11.5 Å². The van der Waals surface area contributed by atoms with E-state index in [2.05, 4.69) is 15.6 Å². The number of hydrogen-bond donors (Lipinski definition) is 2. The normalized spacial score (nSPS) is 10.2. The van der Waals surface area contributed by atoms with Crippen molar-refractivity contribution < 1.29 is 14.3 Å². The maximum absolute atomic E-state index is 12.0. The van der Waals surface area contributed by atoms with Gasteiger partial charge in [-0.3, -0.25) is 4.79 Å². The van der Waals surface area contributed by atoms with Gasteiger partial charge in [-0.25, -0.2) is 4.98 Å². The Hall–Kier alpha value is -3.06. The van der Waals surface area contributed by atoms with Crippen molar-refractivity contribution in [2.75, 3.05) is 24.9 Å². The molecule has 1 aromatic carbocycles. The number of carbonyl (C=O) groups is 1. The Morgan fingerprint density at radius 3 is 2.62 bits per heavy atom. The fourth-order valence-corrected chi connectivity index (χ4v) is 2.97. The minimum atomic E-state index is -0.132. The lowest BCUT2D eigenvalue weighted by molar-refractivity contribution is 0.103. The zero-order valence-corrected chi connectivity index (χ0v) is 15.3. The summed E-state index contributed by atoms with van der Waals surface area (Å²) in [4.78, 5) is 17.0. The van der Waals surface area contributed by atoms with E-state index in [1.807, 2.05) is 41.8 Å². The first kappa shape index (κ1) is 17.8. The predicted octanol–water partition coefficient (Wildman–Crippen LogP) is 4.02. The summed E-state index contributed by atoms with van der Waals surface area (Å²) in [6.07, 6.45) is 1.63. The second-order valence-corrected chi connectivity index (χ2v) is 6.35. The van der Waals surface area contributed by atoms with Crippen LogP contribution < -0.4 is 20.1 Å². The molecule has 2 N–H and O–H groups in total. The summed E-state index contributed by atoms with van der Waals surface area (Å²) in [6, 6.07) is 13.0. The Balaban J connectivity index is 1.58. The van der Waals surface area contributed by atoms with Crippen molar-refractivity contribution in [3.05, 3.63) is 64.5 Å². The molecule has 0 radical (unpaired) electrons. The molecule has 26 heavy (non-hydrogen) atoms. The van der Waals surface area contributed by atoms with Gasteiger partial charge in [0.25, 0.3) is 5.91 Å². The molecule has 0 saturated heterocycles. The minimum absolute atomic E-state index is 0.132. The largest absolute Gasteiger partial charge is 0.493 e. The third-order valence-corrected chi connectivity index (χ3v) is 4.56. The van der Waals surface area contributed by atoms with E-state index in [-0.39, 0.29) is 5.91 Å². The molecular weight excluding hydrogens is 350 g/mol. The fraction of sp³-hybridized carbons (Fsp3) is 0.158. The van der Waals surface area contributed by atoms with Crippen LogP contribution in [0, 0.1) is 0 Å². The second kappa shape index (κ2) is 8.35. The Kier molecular flexibility index (Phi) is 5.70. The van der Waals surface area contributed by atoms with Crippen molar-refractivity contribution >= 4 is 28.7 Å². The van der Waals surface area contributed by atoms with Crippen LogP contribution in [0.1, 0.15) is 15.2 Å². The number of rotatable bonds is 7. The van der Waals surface area contributed by atoms with Crippen LogP contribution in [0.4, 0.5) is 11.5 Å². The Labute approximate surface area is 155 Å². The van der Waals surface area contributed by atoms with Crippen LogP contribution in [0.5, 0.6) is 11.5 Å². The first-order valence-electron chi connectivity index (χ1n) is 7.95. The van der Waals surface area contributed by atoms with Crippen LogP contribution >= 0.6 is 11.3 Å². The van der Waals surface area contributed by atoms with Gasteiger partial charge in [0.1, 0.15) is 5.82 Å². The van der Waals surface area contributed by atoms with Crippen molar-refractivity contribution in [1.29, 1.82) is 0 Å². The number of ether oxygens (including phenoxy) is 2. The molecule has 3 aromatic rings. The summed E-state index contributed by atoms with van der Waals surface area (Å²) in [6.45, 7) is 0.592. The molecule has 0 aliphatic heterocycles. The number of hydrogen-bond acceptors (Lipinski definition) is 6. The average molecular weight is 369 g/mol. The molecule has 0 aliphatic carbocycles. The van der Waals surface area contributed by atoms with Gasteiger partial charge in [-0.05, 0) is 41.3 Å². The number of benzene rings is 1. The number of aromatic nitrogens is 1. The lowest BCUT2D eigenvalue weighted by Gasteiger charge is -2.11. The molecule has 0 saturated carbocycles. The number of nitrogens with zero attached hydrogens (tertiary/aromatic N) is 1. The van der Waals surface area contributed by atoms with E-state index < -0.39 is 0 Å². The van der Waals surface area contributed by atoms with E-state index in [4.69, 9.17) is 9.47 Å². The van der Waals surface area contributed by atoms with Crippen molar-refractivity contribution in [2.45, 2.75) is 6.54 Å². The van der Waals surface area contributed by atoms with Crippen LogP contribution in [0.25, 0.3) is 0 Å². The van der Waals surface area contributed by atoms with Gasteiger partial charge in [-0.2, -0.15) is 0 Å². The van der Waals surface area contributed by atoms with Crippen LogP contribution in [0.3, 0.4) is 0 Å². The Morgan fingerprint density at radius 1 is 1.12 bits per heavy atom. The van der Waals surface area contributed by atoms with E-state index in [1.54, 1.807) is 26.5 Å². The highest BCUT2D eigenvalue weighted by atomic mass is 32.1. The van der Waals surface area contributed by atoms with Gasteiger partial charge in [0.2, 0.25) is 0 Å². The molecule has 3 rings (SSSR count). The van der Waals surface area contributed by atoms with Gasteiger partial charge in [0.15, 0.2) is 11.5 Å². The smallest absolute Gasteiger partial charge is 0.265 e. The molecule has 0 fully saturated rings. The zero-order valence-electron chi connectivity index (χ0n) is 14.5. The van der Waals surface area contributed by atoms with Crippen LogP contribution in [-0.2, 0) is 6.54 Å². The van der Waals surface area contributed by atoms with Gasteiger partial charge in [0, 0.05) is 6.54 Å². The predicted molar refractivity (Wildman–Crippen MR) is 103 cm³/mol. The third kappa shape index (κ3) is 4.31. The van der Waals surface area contributed by atoms with E-state index in [9.17, 15) is 4.79 Å². The molecule has 0 unspecified atom stereocenters. The molecule has 2 aromatic heterocycles. The molecule has 0 aliphatic rings. The van der Waals surface area contributed by atoms with Crippen LogP contribution in [0.15, 0.2) is 54.0 Å². The lowest BCUT2D eigenvalue weighted by Crippen LogP contribution is -2.10. The summed E-state index contributed by atoms with van der Waals surface area (Å²) in [5.74, 6) is 1.97. The van der Waals surface area contributed by atoms with Gasteiger partial charge >= 0.3 is 0 Å². The molecular formula is C19H19N3O3S. The van der Waals surface area contributed by atoms with E-state index in [0.717, 1.165) is 5.56 Å². The number of carbonyl (C=O) groups excluding carboxylic acids is 1. The number of nitrogens with one attached hydrogen (secondary N) is 2. The molecule has 0 spiro atoms. The monoisotopic (exact) mass is 369 g/mol. The van der Waals surface area contributed by atoms with E-state index in [1.165, 1.54) is 11.3 Å². The van der Waals surface area contributed by atoms with Gasteiger partial charge < -0.3 is 20.1 Å². The first-order chi connectivity index (χ1) is 12.7. The molecule has 0 bridgehead atoms. The number of thiophene rings is 1. The number of anilines is 2. The Bertz CT molecular complexity index is 864. The summed E-state index contributed by atoms with van der Waals surface area (Å²) >= 11 is 1.40. The summed E-state index contributed by atoms with van der Waals surface area (Å²) < 4.78 is 10.5. The highest BCUT2D eigenvalue weighted by Crippen LogP contribution is 2.27. The molecule has 134 valence electrons. The minimum Gasteiger partial charge on any atom is -0.493 e. The maximum Gasteiger partial charge on any atom is 0.265 e. The summed E-state index contributed by atoms with van der Waals surface area (Å²) in [7, 11) is 3.22. The number of pyridine rings is 1. The van der Waals surface area contributed by atoms with E-state index >= 15 is 0 Å². The van der Waals surface area contributed by atoms with Crippen LogP contribution in [0.2, 0.25) is 0 Å². The zero-order chi connectivity index (χ0) is 18.4. The second-order valence-electron chi connectivity index (χ2n) is 5.41. The van der Waals surface area contributed by atoms with Gasteiger partial charge in [0.05, 0.1) is 31.0 Å². The van der Waals surface area contributed by atoms with Gasteiger partial charge in [-0.15, -0.1) is 11.3 Å².